The van der Waals surface area contributed by atoms with Crippen molar-refractivity contribution < 1.29 is 21.9 Å². The van der Waals surface area contributed by atoms with Gasteiger partial charge in [0.2, 0.25) is 10.0 Å². The Morgan fingerprint density at radius 1 is 1.16 bits per heavy atom. The van der Waals surface area contributed by atoms with Crippen LogP contribution < -0.4 is 9.46 Å². The van der Waals surface area contributed by atoms with Crippen LogP contribution in [0.15, 0.2) is 53.6 Å². The monoisotopic (exact) mass is 447 g/mol. The molecular formula is C20H19F2N5O3S. The number of benzene rings is 2. The van der Waals surface area contributed by atoms with E-state index in [0.29, 0.717) is 18.4 Å². The van der Waals surface area contributed by atoms with E-state index in [4.69, 9.17) is 4.74 Å². The number of rotatable bonds is 7. The van der Waals surface area contributed by atoms with E-state index >= 15 is 0 Å². The van der Waals surface area contributed by atoms with E-state index in [0.717, 1.165) is 23.0 Å². The largest absolute Gasteiger partial charge is 0.424 e. The summed E-state index contributed by atoms with van der Waals surface area (Å²) in [4.78, 5) is 2.44. The van der Waals surface area contributed by atoms with E-state index in [-0.39, 0.29) is 11.8 Å². The van der Waals surface area contributed by atoms with Gasteiger partial charge in [-0.3, -0.25) is 4.57 Å². The molecule has 0 unspecified atom stereocenters. The van der Waals surface area contributed by atoms with Gasteiger partial charge in [-0.25, -0.2) is 21.9 Å². The molecule has 31 heavy (non-hydrogen) atoms. The number of fused-ring (bicyclic) bond motifs is 1. The van der Waals surface area contributed by atoms with Crippen LogP contribution in [0, 0.1) is 11.6 Å². The van der Waals surface area contributed by atoms with Crippen molar-refractivity contribution in [1.82, 2.24) is 24.5 Å². The zero-order chi connectivity index (χ0) is 22.2. The van der Waals surface area contributed by atoms with Crippen LogP contribution in [0.5, 0.6) is 11.8 Å². The number of hydrogen-bond donors (Lipinski definition) is 2. The van der Waals surface area contributed by atoms with Crippen molar-refractivity contribution in [3.05, 3.63) is 66.1 Å². The predicted molar refractivity (Wildman–Crippen MR) is 109 cm³/mol. The molecule has 2 heterocycles. The molecule has 0 spiro atoms. The topological polar surface area (TPSA) is 102 Å². The molecule has 0 saturated heterocycles. The lowest BCUT2D eigenvalue weighted by Crippen LogP contribution is -2.29. The molecule has 0 bridgehead atoms. The molecule has 2 aromatic carbocycles. The van der Waals surface area contributed by atoms with Gasteiger partial charge in [0.25, 0.3) is 0 Å². The minimum Gasteiger partial charge on any atom is -0.424 e. The van der Waals surface area contributed by atoms with Crippen LogP contribution in [0.2, 0.25) is 0 Å². The number of aromatic nitrogens is 4. The zero-order valence-corrected chi connectivity index (χ0v) is 17.5. The van der Waals surface area contributed by atoms with E-state index in [1.807, 2.05) is 31.3 Å². The van der Waals surface area contributed by atoms with Crippen molar-refractivity contribution in [3.63, 3.8) is 0 Å². The molecule has 8 nitrogen and oxygen atoms in total. The lowest BCUT2D eigenvalue weighted by atomic mass is 10.2. The molecule has 162 valence electrons. The van der Waals surface area contributed by atoms with Crippen LogP contribution in [0.4, 0.5) is 8.78 Å². The second kappa shape index (κ2) is 8.08. The molecule has 0 fully saturated rings. The minimum absolute atomic E-state index is 0.183. The predicted octanol–water partition coefficient (Wildman–Crippen LogP) is 3.89. The molecule has 0 saturated carbocycles. The highest BCUT2D eigenvalue weighted by molar-refractivity contribution is 7.89. The normalized spacial score (nSPS) is 12.9. The molecule has 11 heteroatoms. The van der Waals surface area contributed by atoms with Gasteiger partial charge in [-0.1, -0.05) is 5.10 Å². The molecule has 0 radical (unpaired) electrons. The van der Waals surface area contributed by atoms with E-state index in [1.54, 1.807) is 17.6 Å². The first-order valence-electron chi connectivity index (χ1n) is 9.44. The van der Waals surface area contributed by atoms with Crippen molar-refractivity contribution in [1.29, 1.82) is 0 Å². The Morgan fingerprint density at radius 3 is 2.71 bits per heavy atom. The Kier molecular flexibility index (Phi) is 5.46. The summed E-state index contributed by atoms with van der Waals surface area (Å²) >= 11 is 0. The average Bonchev–Trinajstić information content (AvgIpc) is 3.33. The van der Waals surface area contributed by atoms with Crippen molar-refractivity contribution in [3.8, 4) is 11.8 Å². The number of nitrogens with one attached hydrogen (secondary N) is 2. The number of halogens is 2. The van der Waals surface area contributed by atoms with Gasteiger partial charge in [-0.15, -0.1) is 5.10 Å². The van der Waals surface area contributed by atoms with E-state index in [1.165, 1.54) is 0 Å². The standard InChI is InChI=1S/C20H19F2N5O3S/c1-3-27-19(12(2)26-31(28,29)18-7-5-14(21)10-16(18)22)24-25-20(27)30-15-6-4-13-8-9-23-17(13)11-15/h4-12,23,26H,3H2,1-2H3/t12-/m1/s1. The molecule has 0 aliphatic heterocycles. The quantitative estimate of drug-likeness (QED) is 0.448. The van der Waals surface area contributed by atoms with E-state index in [2.05, 4.69) is 19.9 Å². The molecule has 2 N–H and O–H groups in total. The fraction of sp³-hybridized carbons (Fsp3) is 0.200. The highest BCUT2D eigenvalue weighted by Gasteiger charge is 2.26. The summed E-state index contributed by atoms with van der Waals surface area (Å²) in [6.45, 7) is 3.78. The third kappa shape index (κ3) is 4.14. The summed E-state index contributed by atoms with van der Waals surface area (Å²) in [5.74, 6) is -1.23. The number of sulfonamides is 1. The maximum absolute atomic E-state index is 14.0. The van der Waals surface area contributed by atoms with Crippen molar-refractivity contribution in [2.75, 3.05) is 0 Å². The maximum Gasteiger partial charge on any atom is 0.322 e. The third-order valence-electron chi connectivity index (χ3n) is 4.70. The fourth-order valence-electron chi connectivity index (χ4n) is 3.23. The summed E-state index contributed by atoms with van der Waals surface area (Å²) < 4.78 is 62.0. The molecule has 0 aliphatic rings. The number of aromatic amines is 1. The average molecular weight is 447 g/mol. The summed E-state index contributed by atoms with van der Waals surface area (Å²) in [5, 5.41) is 9.10. The van der Waals surface area contributed by atoms with Crippen molar-refractivity contribution in [2.24, 2.45) is 0 Å². The Labute approximate surface area is 176 Å². The van der Waals surface area contributed by atoms with Crippen LogP contribution in [0.1, 0.15) is 25.7 Å². The molecular weight excluding hydrogens is 428 g/mol. The van der Waals surface area contributed by atoms with Crippen LogP contribution in [0.25, 0.3) is 10.9 Å². The van der Waals surface area contributed by atoms with Crippen LogP contribution in [0.3, 0.4) is 0 Å². The smallest absolute Gasteiger partial charge is 0.322 e. The second-order valence-corrected chi connectivity index (χ2v) is 8.51. The van der Waals surface area contributed by atoms with Gasteiger partial charge in [0.15, 0.2) is 5.82 Å². The van der Waals surface area contributed by atoms with Gasteiger partial charge in [-0.05, 0) is 49.6 Å². The lowest BCUT2D eigenvalue weighted by Gasteiger charge is -2.15. The van der Waals surface area contributed by atoms with E-state index < -0.39 is 32.6 Å². The van der Waals surface area contributed by atoms with Gasteiger partial charge >= 0.3 is 6.01 Å². The Morgan fingerprint density at radius 2 is 1.97 bits per heavy atom. The van der Waals surface area contributed by atoms with Gasteiger partial charge in [0.1, 0.15) is 22.3 Å². The van der Waals surface area contributed by atoms with Gasteiger partial charge in [0.05, 0.1) is 6.04 Å². The molecule has 0 aliphatic carbocycles. The SMILES string of the molecule is CCn1c(Oc2ccc3cc[nH]c3c2)nnc1[C@@H](C)NS(=O)(=O)c1ccc(F)cc1F. The zero-order valence-electron chi connectivity index (χ0n) is 16.6. The first-order valence-corrected chi connectivity index (χ1v) is 10.9. The maximum atomic E-state index is 14.0. The first-order chi connectivity index (χ1) is 14.8. The second-order valence-electron chi connectivity index (χ2n) is 6.83. The molecule has 4 aromatic rings. The summed E-state index contributed by atoms with van der Waals surface area (Å²) in [7, 11) is -4.27. The molecule has 2 aromatic heterocycles. The lowest BCUT2D eigenvalue weighted by molar-refractivity contribution is 0.408. The molecule has 1 atom stereocenters. The van der Waals surface area contributed by atoms with Gasteiger partial charge < -0.3 is 9.72 Å². The minimum atomic E-state index is -4.27. The Bertz CT molecular complexity index is 1350. The highest BCUT2D eigenvalue weighted by atomic mass is 32.2. The number of ether oxygens (including phenoxy) is 1. The number of hydrogen-bond acceptors (Lipinski definition) is 5. The molecule has 4 rings (SSSR count). The van der Waals surface area contributed by atoms with Crippen LogP contribution >= 0.6 is 0 Å². The summed E-state index contributed by atoms with van der Waals surface area (Å²) in [6.07, 6.45) is 1.82. The van der Waals surface area contributed by atoms with E-state index in [9.17, 15) is 17.2 Å². The van der Waals surface area contributed by atoms with Crippen molar-refractivity contribution in [2.45, 2.75) is 31.3 Å². The number of nitrogens with zero attached hydrogens (tertiary/aromatic N) is 3. The van der Waals surface area contributed by atoms with Gasteiger partial charge in [-0.2, -0.15) is 0 Å². The summed E-state index contributed by atoms with van der Waals surface area (Å²) in [6, 6.07) is 9.01. The highest BCUT2D eigenvalue weighted by Crippen LogP contribution is 2.26. The van der Waals surface area contributed by atoms with Crippen LogP contribution in [-0.4, -0.2) is 28.2 Å². The number of H-pyrrole nitrogens is 1. The fourth-order valence-corrected chi connectivity index (χ4v) is 4.49. The Balaban J connectivity index is 1.58. The summed E-state index contributed by atoms with van der Waals surface area (Å²) in [5.41, 5.74) is 0.891. The Hall–Kier alpha value is -3.31. The molecule has 0 amide bonds. The third-order valence-corrected chi connectivity index (χ3v) is 6.27. The van der Waals surface area contributed by atoms with Gasteiger partial charge in [0, 0.05) is 30.4 Å². The van der Waals surface area contributed by atoms with Crippen LogP contribution in [-0.2, 0) is 16.6 Å². The van der Waals surface area contributed by atoms with Crippen molar-refractivity contribution >= 4 is 20.9 Å². The first kappa shape index (κ1) is 20.9.